The fourth-order valence-electron chi connectivity index (χ4n) is 3.70. The molecule has 4 aromatic rings. The number of aromatic nitrogens is 5. The van der Waals surface area contributed by atoms with Gasteiger partial charge in [0, 0.05) is 47.7 Å². The summed E-state index contributed by atoms with van der Waals surface area (Å²) in [5.74, 6) is -3.21. The number of carboxylic acid groups (broad SMARTS) is 1. The van der Waals surface area contributed by atoms with Gasteiger partial charge in [0.15, 0.2) is 11.5 Å². The van der Waals surface area contributed by atoms with Gasteiger partial charge in [-0.15, -0.1) is 0 Å². The zero-order valence-electron chi connectivity index (χ0n) is 21.1. The lowest BCUT2D eigenvalue weighted by molar-refractivity contribution is -0.141. The van der Waals surface area contributed by atoms with Gasteiger partial charge in [-0.3, -0.25) is 4.79 Å². The third kappa shape index (κ3) is 6.71. The first-order chi connectivity index (χ1) is 19.0. The maximum Gasteiger partial charge on any atom is 0.435 e. The van der Waals surface area contributed by atoms with E-state index in [0.29, 0.717) is 0 Å². The number of nitrogens with one attached hydrogen (secondary N) is 1. The van der Waals surface area contributed by atoms with E-state index in [0.717, 1.165) is 46.1 Å². The molecule has 0 atom stereocenters. The predicted molar refractivity (Wildman–Crippen MR) is 140 cm³/mol. The number of carboxylic acids is 1. The SMILES string of the molecule is Cc1cc(C(F)(F)F)nn1-c1nc(Nc2ccc(F)c(Cl)c2)ncc1-c1cc(C(=O)O)c(=O)n(CCS(C)(=O)=O)c1. The van der Waals surface area contributed by atoms with E-state index in [2.05, 4.69) is 20.4 Å². The number of benzene rings is 1. The minimum Gasteiger partial charge on any atom is -0.477 e. The molecule has 0 aliphatic carbocycles. The van der Waals surface area contributed by atoms with E-state index >= 15 is 0 Å². The summed E-state index contributed by atoms with van der Waals surface area (Å²) in [5.41, 5.74) is -2.77. The normalized spacial score (nSPS) is 12.0. The fraction of sp³-hybridized carbons (Fsp3) is 0.208. The second kappa shape index (κ2) is 10.9. The van der Waals surface area contributed by atoms with Crippen LogP contribution in [0.15, 0.2) is 47.5 Å². The van der Waals surface area contributed by atoms with E-state index in [4.69, 9.17) is 11.6 Å². The molecule has 0 bridgehead atoms. The number of alkyl halides is 3. The van der Waals surface area contributed by atoms with Crippen molar-refractivity contribution in [3.63, 3.8) is 0 Å². The van der Waals surface area contributed by atoms with Crippen LogP contribution in [0.25, 0.3) is 16.9 Å². The number of anilines is 2. The quantitative estimate of drug-likeness (QED) is 0.280. The van der Waals surface area contributed by atoms with Gasteiger partial charge in [-0.2, -0.15) is 23.3 Å². The van der Waals surface area contributed by atoms with Gasteiger partial charge >= 0.3 is 12.1 Å². The third-order valence-corrected chi connectivity index (χ3v) is 6.87. The van der Waals surface area contributed by atoms with Crippen LogP contribution < -0.4 is 10.9 Å². The minimum absolute atomic E-state index is 0.00286. The highest BCUT2D eigenvalue weighted by Gasteiger charge is 2.35. The van der Waals surface area contributed by atoms with Gasteiger partial charge in [0.2, 0.25) is 5.95 Å². The van der Waals surface area contributed by atoms with Gasteiger partial charge in [-0.05, 0) is 37.3 Å². The van der Waals surface area contributed by atoms with E-state index < -0.39 is 56.9 Å². The van der Waals surface area contributed by atoms with Crippen LogP contribution in [0.4, 0.5) is 29.2 Å². The Bertz CT molecular complexity index is 1840. The lowest BCUT2D eigenvalue weighted by atomic mass is 10.1. The Hall–Kier alpha value is -4.31. The molecule has 216 valence electrons. The summed E-state index contributed by atoms with van der Waals surface area (Å²) < 4.78 is 79.1. The Morgan fingerprint density at radius 1 is 1.20 bits per heavy atom. The molecule has 41 heavy (non-hydrogen) atoms. The summed E-state index contributed by atoms with van der Waals surface area (Å²) >= 11 is 5.81. The lowest BCUT2D eigenvalue weighted by Gasteiger charge is -2.15. The molecule has 3 aromatic heterocycles. The summed E-state index contributed by atoms with van der Waals surface area (Å²) in [6.45, 7) is 0.933. The number of sulfone groups is 1. The van der Waals surface area contributed by atoms with Crippen molar-refractivity contribution in [1.29, 1.82) is 0 Å². The fourth-order valence-corrected chi connectivity index (χ4v) is 4.40. The van der Waals surface area contributed by atoms with Crippen molar-refractivity contribution in [2.45, 2.75) is 19.6 Å². The summed E-state index contributed by atoms with van der Waals surface area (Å²) in [4.78, 5) is 33.0. The monoisotopic (exact) mass is 614 g/mol. The first-order valence-electron chi connectivity index (χ1n) is 11.4. The van der Waals surface area contributed by atoms with Crippen LogP contribution in [0.2, 0.25) is 5.02 Å². The molecule has 17 heteroatoms. The van der Waals surface area contributed by atoms with Crippen molar-refractivity contribution in [2.75, 3.05) is 17.3 Å². The first-order valence-corrected chi connectivity index (χ1v) is 13.9. The summed E-state index contributed by atoms with van der Waals surface area (Å²) in [5, 5.41) is 15.8. The third-order valence-electron chi connectivity index (χ3n) is 5.65. The Kier molecular flexibility index (Phi) is 7.91. The van der Waals surface area contributed by atoms with E-state index in [9.17, 15) is 40.7 Å². The summed E-state index contributed by atoms with van der Waals surface area (Å²) in [6.07, 6.45) is -1.57. The van der Waals surface area contributed by atoms with E-state index in [1.807, 2.05) is 0 Å². The van der Waals surface area contributed by atoms with Gasteiger partial charge in [0.1, 0.15) is 21.2 Å². The Morgan fingerprint density at radius 2 is 1.90 bits per heavy atom. The Labute approximate surface area is 234 Å². The van der Waals surface area contributed by atoms with Crippen molar-refractivity contribution in [3.05, 3.63) is 80.9 Å². The van der Waals surface area contributed by atoms with Crippen LogP contribution >= 0.6 is 11.6 Å². The van der Waals surface area contributed by atoms with Crippen molar-refractivity contribution in [1.82, 2.24) is 24.3 Å². The standard InChI is InChI=1S/C24H19ClF4N6O5S/c1-12-7-19(24(27,28)29)33-35(12)20-16(10-30-23(32-20)31-14-3-4-18(26)17(25)9-14)13-8-15(22(37)38)21(36)34(11-13)5-6-41(2,39)40/h3-4,7-11H,5-6H2,1-2H3,(H,37,38)(H,30,31,32). The van der Waals surface area contributed by atoms with Crippen molar-refractivity contribution in [3.8, 4) is 16.9 Å². The van der Waals surface area contributed by atoms with Crippen molar-refractivity contribution >= 4 is 39.0 Å². The Morgan fingerprint density at radius 3 is 2.49 bits per heavy atom. The molecule has 0 aliphatic rings. The van der Waals surface area contributed by atoms with Crippen LogP contribution in [0.1, 0.15) is 21.7 Å². The molecule has 0 spiro atoms. The molecule has 0 aliphatic heterocycles. The second-order valence-electron chi connectivity index (χ2n) is 8.84. The second-order valence-corrected chi connectivity index (χ2v) is 11.5. The van der Waals surface area contributed by atoms with E-state index in [1.165, 1.54) is 19.1 Å². The molecule has 0 amide bonds. The number of rotatable bonds is 8. The smallest absolute Gasteiger partial charge is 0.435 e. The van der Waals surface area contributed by atoms with Crippen LogP contribution in [0, 0.1) is 12.7 Å². The molecule has 0 saturated carbocycles. The maximum atomic E-state index is 13.6. The molecule has 0 fully saturated rings. The van der Waals surface area contributed by atoms with Gasteiger partial charge in [-0.1, -0.05) is 11.6 Å². The molecular formula is C24H19ClF4N6O5S. The molecule has 3 heterocycles. The van der Waals surface area contributed by atoms with Crippen LogP contribution in [-0.2, 0) is 22.6 Å². The highest BCUT2D eigenvalue weighted by molar-refractivity contribution is 7.90. The van der Waals surface area contributed by atoms with Crippen molar-refractivity contribution in [2.24, 2.45) is 0 Å². The number of nitrogens with zero attached hydrogens (tertiary/aromatic N) is 5. The first kappa shape index (κ1) is 29.7. The molecule has 11 nitrogen and oxygen atoms in total. The molecular weight excluding hydrogens is 596 g/mol. The molecule has 4 rings (SSSR count). The predicted octanol–water partition coefficient (Wildman–Crippen LogP) is 4.10. The lowest BCUT2D eigenvalue weighted by Crippen LogP contribution is -2.28. The average Bonchev–Trinajstić information content (AvgIpc) is 3.27. The van der Waals surface area contributed by atoms with Gasteiger partial charge in [0.05, 0.1) is 10.8 Å². The number of aromatic carboxylic acids is 1. The Balaban J connectivity index is 1.93. The molecule has 0 unspecified atom stereocenters. The van der Waals surface area contributed by atoms with E-state index in [-0.39, 0.29) is 39.3 Å². The zero-order valence-corrected chi connectivity index (χ0v) is 22.6. The number of hydrogen-bond acceptors (Lipinski definition) is 8. The van der Waals surface area contributed by atoms with Gasteiger partial charge in [0.25, 0.3) is 5.56 Å². The highest BCUT2D eigenvalue weighted by atomic mass is 35.5. The number of carbonyl (C=O) groups is 1. The topological polar surface area (TPSA) is 149 Å². The molecule has 2 N–H and O–H groups in total. The number of pyridine rings is 1. The van der Waals surface area contributed by atoms with Gasteiger partial charge < -0.3 is 15.0 Å². The highest BCUT2D eigenvalue weighted by Crippen LogP contribution is 2.32. The average molecular weight is 615 g/mol. The van der Waals surface area contributed by atoms with Gasteiger partial charge in [-0.25, -0.2) is 27.3 Å². The summed E-state index contributed by atoms with van der Waals surface area (Å²) in [6, 6.07) is 5.36. The summed E-state index contributed by atoms with van der Waals surface area (Å²) in [7, 11) is -3.55. The maximum absolute atomic E-state index is 13.6. The molecule has 1 aromatic carbocycles. The number of hydrogen-bond donors (Lipinski definition) is 2. The molecule has 0 radical (unpaired) electrons. The van der Waals surface area contributed by atoms with Crippen molar-refractivity contribution < 1.29 is 35.9 Å². The van der Waals surface area contributed by atoms with Crippen LogP contribution in [-0.4, -0.2) is 55.8 Å². The van der Waals surface area contributed by atoms with Crippen LogP contribution in [0.3, 0.4) is 0 Å². The zero-order chi connectivity index (χ0) is 30.3. The number of halogens is 5. The minimum atomic E-state index is -4.80. The number of aryl methyl sites for hydroxylation is 2. The van der Waals surface area contributed by atoms with Crippen LogP contribution in [0.5, 0.6) is 0 Å². The largest absolute Gasteiger partial charge is 0.477 e. The molecule has 0 saturated heterocycles. The van der Waals surface area contributed by atoms with E-state index in [1.54, 1.807) is 0 Å².